The Labute approximate surface area is 371 Å². The van der Waals surface area contributed by atoms with Crippen molar-refractivity contribution >= 4 is 17.9 Å². The molecular weight excluding hydrogens is 763 g/mol. The number of hydrogen-bond acceptors (Lipinski definition) is 6. The molecule has 0 saturated heterocycles. The van der Waals surface area contributed by atoms with Crippen molar-refractivity contribution in [3.8, 4) is 0 Å². The first-order valence-corrected chi connectivity index (χ1v) is 22.7. The quantitative estimate of drug-likeness (QED) is 0.0286. The van der Waals surface area contributed by atoms with Crippen LogP contribution in [-0.2, 0) is 28.6 Å². The molecule has 0 aromatic heterocycles. The molecular formula is C53H82NO7+. The topological polar surface area (TPSA) is 99.1 Å². The smallest absolute Gasteiger partial charge is 0.362 e. The minimum Gasteiger partial charge on any atom is -0.477 e. The lowest BCUT2D eigenvalue weighted by atomic mass is 10.1. The molecule has 0 aromatic carbocycles. The highest BCUT2D eigenvalue weighted by molar-refractivity contribution is 5.72. The molecule has 0 radical (unpaired) electrons. The molecule has 8 heteroatoms. The number of ether oxygens (including phenoxy) is 3. The number of carbonyl (C=O) groups is 3. The van der Waals surface area contributed by atoms with Crippen molar-refractivity contribution < 1.29 is 38.2 Å². The van der Waals surface area contributed by atoms with Gasteiger partial charge < -0.3 is 23.8 Å². The van der Waals surface area contributed by atoms with Crippen LogP contribution in [0.5, 0.6) is 0 Å². The van der Waals surface area contributed by atoms with Crippen LogP contribution < -0.4 is 0 Å². The van der Waals surface area contributed by atoms with Crippen LogP contribution in [0.2, 0.25) is 0 Å². The van der Waals surface area contributed by atoms with Gasteiger partial charge in [-0.1, -0.05) is 148 Å². The van der Waals surface area contributed by atoms with Crippen molar-refractivity contribution in [2.75, 3.05) is 41.0 Å². The summed E-state index contributed by atoms with van der Waals surface area (Å²) < 4.78 is 17.2. The van der Waals surface area contributed by atoms with Gasteiger partial charge in [-0.15, -0.1) is 0 Å². The summed E-state index contributed by atoms with van der Waals surface area (Å²) in [6.45, 7) is 4.35. The molecule has 0 fully saturated rings. The number of aliphatic carboxylic acids is 1. The molecule has 0 rings (SSSR count). The molecule has 2 atom stereocenters. The van der Waals surface area contributed by atoms with Gasteiger partial charge in [-0.25, -0.2) is 4.79 Å². The predicted octanol–water partition coefficient (Wildman–Crippen LogP) is 12.8. The van der Waals surface area contributed by atoms with E-state index in [4.69, 9.17) is 14.2 Å². The van der Waals surface area contributed by atoms with Gasteiger partial charge in [-0.2, -0.15) is 0 Å². The normalized spacial score (nSPS) is 14.2. The monoisotopic (exact) mass is 845 g/mol. The van der Waals surface area contributed by atoms with Crippen molar-refractivity contribution in [1.29, 1.82) is 0 Å². The van der Waals surface area contributed by atoms with E-state index in [0.717, 1.165) is 83.5 Å². The molecule has 0 aliphatic carbocycles. The summed E-state index contributed by atoms with van der Waals surface area (Å²) in [7, 11) is 5.47. The molecule has 340 valence electrons. The third-order valence-corrected chi connectivity index (χ3v) is 9.05. The van der Waals surface area contributed by atoms with E-state index in [0.29, 0.717) is 19.3 Å². The zero-order valence-corrected chi connectivity index (χ0v) is 38.5. The molecule has 0 heterocycles. The van der Waals surface area contributed by atoms with Crippen LogP contribution in [0.4, 0.5) is 0 Å². The van der Waals surface area contributed by atoms with Crippen LogP contribution in [-0.4, -0.2) is 80.6 Å². The van der Waals surface area contributed by atoms with Gasteiger partial charge in [0.2, 0.25) is 0 Å². The van der Waals surface area contributed by atoms with E-state index >= 15 is 0 Å². The molecule has 0 amide bonds. The number of carboxylic acid groups (broad SMARTS) is 1. The van der Waals surface area contributed by atoms with E-state index in [1.807, 2.05) is 21.1 Å². The van der Waals surface area contributed by atoms with Crippen LogP contribution in [0.25, 0.3) is 0 Å². The van der Waals surface area contributed by atoms with Crippen LogP contribution in [0.3, 0.4) is 0 Å². The second-order valence-electron chi connectivity index (χ2n) is 15.5. The summed E-state index contributed by atoms with van der Waals surface area (Å²) in [5.41, 5.74) is 0. The van der Waals surface area contributed by atoms with Crippen LogP contribution in [0.15, 0.2) is 134 Å². The number of carboxylic acids is 1. The number of allylic oxidation sites excluding steroid dienone is 22. The molecule has 0 saturated carbocycles. The Morgan fingerprint density at radius 1 is 0.492 bits per heavy atom. The summed E-state index contributed by atoms with van der Waals surface area (Å²) >= 11 is 0. The second-order valence-corrected chi connectivity index (χ2v) is 15.5. The van der Waals surface area contributed by atoms with E-state index in [-0.39, 0.29) is 49.1 Å². The number of nitrogens with zero attached hydrogens (tertiary/aromatic N) is 1. The zero-order valence-electron chi connectivity index (χ0n) is 38.5. The molecule has 1 N–H and O–H groups in total. The van der Waals surface area contributed by atoms with Crippen LogP contribution >= 0.6 is 0 Å². The maximum Gasteiger partial charge on any atom is 0.362 e. The fraction of sp³-hybridized carbons (Fsp3) is 0.528. The van der Waals surface area contributed by atoms with Gasteiger partial charge >= 0.3 is 17.9 Å². The van der Waals surface area contributed by atoms with Gasteiger partial charge in [0.05, 0.1) is 34.4 Å². The van der Waals surface area contributed by atoms with E-state index in [9.17, 15) is 19.5 Å². The molecule has 0 aliphatic rings. The highest BCUT2D eigenvalue weighted by Crippen LogP contribution is 2.10. The highest BCUT2D eigenvalue weighted by atomic mass is 16.6. The molecule has 0 aromatic rings. The summed E-state index contributed by atoms with van der Waals surface area (Å²) in [5.74, 6) is -1.64. The van der Waals surface area contributed by atoms with E-state index < -0.39 is 18.1 Å². The van der Waals surface area contributed by atoms with Crippen molar-refractivity contribution in [3.05, 3.63) is 134 Å². The summed E-state index contributed by atoms with van der Waals surface area (Å²) in [5, 5.41) is 9.63. The lowest BCUT2D eigenvalue weighted by Gasteiger charge is -2.31. The third kappa shape index (κ3) is 40.6. The largest absolute Gasteiger partial charge is 0.477 e. The Kier molecular flexibility index (Phi) is 39.0. The molecule has 0 spiro atoms. The van der Waals surface area contributed by atoms with Crippen molar-refractivity contribution in [1.82, 2.24) is 0 Å². The molecule has 61 heavy (non-hydrogen) atoms. The Morgan fingerprint density at radius 2 is 0.836 bits per heavy atom. The van der Waals surface area contributed by atoms with Gasteiger partial charge in [0.1, 0.15) is 6.61 Å². The average Bonchev–Trinajstić information content (AvgIpc) is 3.22. The van der Waals surface area contributed by atoms with Gasteiger partial charge in [-0.3, -0.25) is 9.59 Å². The zero-order chi connectivity index (χ0) is 44.9. The average molecular weight is 845 g/mol. The molecule has 0 aliphatic heterocycles. The first-order valence-electron chi connectivity index (χ1n) is 22.7. The summed E-state index contributed by atoms with van der Waals surface area (Å²) in [6.07, 6.45) is 60.8. The van der Waals surface area contributed by atoms with Crippen LogP contribution in [0, 0.1) is 0 Å². The predicted molar refractivity (Wildman–Crippen MR) is 256 cm³/mol. The SMILES string of the molecule is CC/C=C/C/C=C/C/C=C/C/C=C/C/C=C/C/C=C/CCCC(=O)OCC(COCCC(C(=O)O)[N+](C)(C)C)OC(=O)CCC/C=C/C/C=C/C/C=C/C/C=C/C/C=C/CC. The third-order valence-electron chi connectivity index (χ3n) is 9.05. The summed E-state index contributed by atoms with van der Waals surface area (Å²) in [4.78, 5) is 37.0. The van der Waals surface area contributed by atoms with E-state index in [1.54, 1.807) is 0 Å². The number of rotatable bonds is 38. The minimum absolute atomic E-state index is 0.00973. The number of quaternary nitrogens is 1. The number of esters is 2. The lowest BCUT2D eigenvalue weighted by molar-refractivity contribution is -0.887. The molecule has 2 unspecified atom stereocenters. The maximum atomic E-state index is 12.7. The Morgan fingerprint density at radius 3 is 1.18 bits per heavy atom. The van der Waals surface area contributed by atoms with Gasteiger partial charge in [0, 0.05) is 19.3 Å². The van der Waals surface area contributed by atoms with Crippen molar-refractivity contribution in [3.63, 3.8) is 0 Å². The number of hydrogen-bond donors (Lipinski definition) is 1. The first kappa shape index (κ1) is 56.5. The fourth-order valence-electron chi connectivity index (χ4n) is 5.61. The van der Waals surface area contributed by atoms with E-state index in [1.165, 1.54) is 0 Å². The van der Waals surface area contributed by atoms with Crippen molar-refractivity contribution in [2.24, 2.45) is 0 Å². The standard InChI is InChI=1S/C53H81NO7/c1-6-8-10-12-14-16-18-20-22-24-25-26-28-29-31-33-35-37-39-41-43-51(55)60-48-49(47-59-46-45-50(53(57)58)54(3,4)5)61-52(56)44-42-40-38-36-34-32-30-27-23-21-19-17-15-13-11-9-7-2/h8-11,14-17,20-23,25-26,29-32,35-38,49-50H,6-7,12-13,18-19,24,27-28,33-34,39-48H2,1-5H3/p+1/b10-8+,11-9+,16-14+,17-15+,22-20+,23-21+,26-25+,31-29+,32-30+,37-35+,38-36+. The van der Waals surface area contributed by atoms with Crippen molar-refractivity contribution in [2.45, 2.75) is 142 Å². The van der Waals surface area contributed by atoms with Crippen LogP contribution in [0.1, 0.15) is 129 Å². The Hall–Kier alpha value is -4.53. The fourth-order valence-corrected chi connectivity index (χ4v) is 5.61. The highest BCUT2D eigenvalue weighted by Gasteiger charge is 2.31. The second kappa shape index (κ2) is 42.2. The number of carbonyl (C=O) groups excluding carboxylic acids is 2. The molecule has 8 nitrogen and oxygen atoms in total. The van der Waals surface area contributed by atoms with Gasteiger partial charge in [0.25, 0.3) is 0 Å². The maximum absolute atomic E-state index is 12.7. The van der Waals surface area contributed by atoms with Gasteiger partial charge in [0.15, 0.2) is 12.1 Å². The lowest BCUT2D eigenvalue weighted by Crippen LogP contribution is -2.50. The number of likely N-dealkylation sites (N-methyl/N-ethyl adjacent to an activating group) is 1. The van der Waals surface area contributed by atoms with E-state index in [2.05, 4.69) is 148 Å². The first-order chi connectivity index (χ1) is 29.6. The summed E-state index contributed by atoms with van der Waals surface area (Å²) in [6, 6.07) is -0.643. The van der Waals surface area contributed by atoms with Gasteiger partial charge in [-0.05, 0) is 96.3 Å². The number of unbranched alkanes of at least 4 members (excludes halogenated alkanes) is 2. The molecule has 0 bridgehead atoms. The minimum atomic E-state index is -0.899. The Balaban J connectivity index is 4.55. The Bertz CT molecular complexity index is 1450.